The van der Waals surface area contributed by atoms with Crippen LogP contribution >= 0.6 is 0 Å². The summed E-state index contributed by atoms with van der Waals surface area (Å²) in [7, 11) is -4.17. The molecular formula is C24H24F2N2O5S. The highest BCUT2D eigenvalue weighted by Crippen LogP contribution is 2.26. The Hall–Kier alpha value is -3.66. The normalized spacial score (nSPS) is 11.0. The number of nitrogens with one attached hydrogen (secondary N) is 1. The van der Waals surface area contributed by atoms with Crippen LogP contribution in [-0.2, 0) is 14.8 Å². The first kappa shape index (κ1) is 25.0. The van der Waals surface area contributed by atoms with Gasteiger partial charge in [0.1, 0.15) is 36.3 Å². The van der Waals surface area contributed by atoms with Gasteiger partial charge in [-0.25, -0.2) is 17.2 Å². The molecule has 0 aliphatic rings. The summed E-state index contributed by atoms with van der Waals surface area (Å²) < 4.78 is 64.6. The average molecular weight is 491 g/mol. The largest absolute Gasteiger partial charge is 0.494 e. The minimum atomic E-state index is -4.17. The summed E-state index contributed by atoms with van der Waals surface area (Å²) in [6.45, 7) is 1.96. The summed E-state index contributed by atoms with van der Waals surface area (Å²) in [6, 6.07) is 16.0. The second-order valence-electron chi connectivity index (χ2n) is 7.04. The summed E-state index contributed by atoms with van der Waals surface area (Å²) in [5.41, 5.74) is 0.241. The van der Waals surface area contributed by atoms with Gasteiger partial charge < -0.3 is 14.8 Å². The molecule has 0 saturated heterocycles. The smallest absolute Gasteiger partial charge is 0.264 e. The van der Waals surface area contributed by atoms with Crippen LogP contribution in [0.3, 0.4) is 0 Å². The number of nitrogens with zero attached hydrogens (tertiary/aromatic N) is 1. The number of hydrogen-bond acceptors (Lipinski definition) is 5. The van der Waals surface area contributed by atoms with Gasteiger partial charge in [-0.05, 0) is 79.7 Å². The zero-order valence-corrected chi connectivity index (χ0v) is 19.2. The number of sulfonamides is 1. The van der Waals surface area contributed by atoms with E-state index in [-0.39, 0.29) is 23.7 Å². The van der Waals surface area contributed by atoms with Crippen LogP contribution in [0.4, 0.5) is 14.5 Å². The second kappa shape index (κ2) is 11.5. The fourth-order valence-corrected chi connectivity index (χ4v) is 4.42. The van der Waals surface area contributed by atoms with Crippen LogP contribution in [0, 0.1) is 11.6 Å². The number of carbonyl (C=O) groups excluding carboxylic acids is 1. The zero-order chi connectivity index (χ0) is 24.6. The molecule has 10 heteroatoms. The number of rotatable bonds is 11. The van der Waals surface area contributed by atoms with Crippen molar-refractivity contribution in [1.29, 1.82) is 0 Å². The number of benzene rings is 3. The Bertz CT molecular complexity index is 1190. The van der Waals surface area contributed by atoms with Crippen LogP contribution in [0.2, 0.25) is 0 Å². The van der Waals surface area contributed by atoms with Gasteiger partial charge in [0, 0.05) is 0 Å². The Balaban J connectivity index is 1.71. The molecule has 0 aromatic heterocycles. The molecule has 0 unspecified atom stereocenters. The first-order valence-electron chi connectivity index (χ1n) is 10.5. The molecule has 7 nitrogen and oxygen atoms in total. The maximum atomic E-state index is 13.3. The van der Waals surface area contributed by atoms with Gasteiger partial charge in [-0.1, -0.05) is 0 Å². The number of hydrogen-bond donors (Lipinski definition) is 1. The number of ether oxygens (including phenoxy) is 2. The van der Waals surface area contributed by atoms with Crippen molar-refractivity contribution in [3.63, 3.8) is 0 Å². The van der Waals surface area contributed by atoms with E-state index < -0.39 is 34.1 Å². The first-order valence-corrected chi connectivity index (χ1v) is 11.9. The lowest BCUT2D eigenvalue weighted by atomic mass is 10.3. The molecule has 3 aromatic carbocycles. The molecule has 180 valence electrons. The van der Waals surface area contributed by atoms with Gasteiger partial charge in [-0.2, -0.15) is 0 Å². The van der Waals surface area contributed by atoms with Crippen molar-refractivity contribution in [2.45, 2.75) is 11.8 Å². The molecule has 0 fully saturated rings. The molecule has 1 N–H and O–H groups in total. The Morgan fingerprint density at radius 3 is 1.97 bits per heavy atom. The Morgan fingerprint density at radius 1 is 0.853 bits per heavy atom. The summed E-state index contributed by atoms with van der Waals surface area (Å²) in [5.74, 6) is -0.552. The quantitative estimate of drug-likeness (QED) is 0.414. The number of amides is 1. The van der Waals surface area contributed by atoms with Crippen LogP contribution in [0.1, 0.15) is 6.92 Å². The maximum absolute atomic E-state index is 13.3. The van der Waals surface area contributed by atoms with Gasteiger partial charge in [0.05, 0.1) is 23.7 Å². The standard InChI is InChI=1S/C24H24F2N2O5S/c1-2-32-21-11-7-20(8-12-21)28(34(30,31)23-13-5-19(26)6-14-23)17-24(29)27-15-16-33-22-9-3-18(25)4-10-22/h3-14H,2,15-17H2,1H3,(H,27,29). The van der Waals surface area contributed by atoms with E-state index in [0.29, 0.717) is 18.1 Å². The third-order valence-corrected chi connectivity index (χ3v) is 6.42. The molecule has 34 heavy (non-hydrogen) atoms. The topological polar surface area (TPSA) is 84.9 Å². The van der Waals surface area contributed by atoms with E-state index in [4.69, 9.17) is 9.47 Å². The zero-order valence-electron chi connectivity index (χ0n) is 18.4. The SMILES string of the molecule is CCOc1ccc(N(CC(=O)NCCOc2ccc(F)cc2)S(=O)(=O)c2ccc(F)cc2)cc1. The Labute approximate surface area is 197 Å². The molecule has 0 bridgehead atoms. The van der Waals surface area contributed by atoms with Crippen LogP contribution in [-0.4, -0.2) is 40.6 Å². The lowest BCUT2D eigenvalue weighted by Crippen LogP contribution is -2.41. The van der Waals surface area contributed by atoms with Crippen molar-refractivity contribution >= 4 is 21.6 Å². The molecule has 0 aliphatic heterocycles. The monoisotopic (exact) mass is 490 g/mol. The van der Waals surface area contributed by atoms with E-state index in [9.17, 15) is 22.0 Å². The summed E-state index contributed by atoms with van der Waals surface area (Å²) >= 11 is 0. The van der Waals surface area contributed by atoms with Crippen LogP contribution in [0.25, 0.3) is 0 Å². The number of carbonyl (C=O) groups is 1. The third kappa shape index (κ3) is 6.67. The lowest BCUT2D eigenvalue weighted by molar-refractivity contribution is -0.119. The summed E-state index contributed by atoms with van der Waals surface area (Å²) in [5, 5.41) is 2.60. The van der Waals surface area contributed by atoms with Gasteiger partial charge in [0.2, 0.25) is 5.91 Å². The Kier molecular flexibility index (Phi) is 8.42. The van der Waals surface area contributed by atoms with Gasteiger partial charge in [-0.3, -0.25) is 9.10 Å². The molecule has 0 aliphatic carbocycles. The average Bonchev–Trinajstić information content (AvgIpc) is 2.82. The molecule has 0 spiro atoms. The minimum absolute atomic E-state index is 0.101. The third-order valence-electron chi connectivity index (χ3n) is 4.63. The van der Waals surface area contributed by atoms with E-state index in [1.807, 2.05) is 6.92 Å². The summed E-state index contributed by atoms with van der Waals surface area (Å²) in [4.78, 5) is 12.4. The predicted molar refractivity (Wildman–Crippen MR) is 123 cm³/mol. The van der Waals surface area contributed by atoms with E-state index >= 15 is 0 Å². The highest BCUT2D eigenvalue weighted by atomic mass is 32.2. The van der Waals surface area contributed by atoms with E-state index in [1.54, 1.807) is 12.1 Å². The van der Waals surface area contributed by atoms with Gasteiger partial charge >= 0.3 is 0 Å². The second-order valence-corrected chi connectivity index (χ2v) is 8.91. The molecule has 1 amide bonds. The number of halogens is 2. The summed E-state index contributed by atoms with van der Waals surface area (Å²) in [6.07, 6.45) is 0. The van der Waals surface area contributed by atoms with Crippen molar-refractivity contribution in [3.05, 3.63) is 84.4 Å². The highest BCUT2D eigenvalue weighted by molar-refractivity contribution is 7.92. The van der Waals surface area contributed by atoms with E-state index in [1.165, 1.54) is 36.4 Å². The van der Waals surface area contributed by atoms with Gasteiger partial charge in [0.25, 0.3) is 10.0 Å². The van der Waals surface area contributed by atoms with Crippen molar-refractivity contribution in [3.8, 4) is 11.5 Å². The van der Waals surface area contributed by atoms with Crippen molar-refractivity contribution in [2.75, 3.05) is 30.6 Å². The fraction of sp³-hybridized carbons (Fsp3) is 0.208. The molecular weight excluding hydrogens is 466 g/mol. The first-order chi connectivity index (χ1) is 16.3. The molecule has 0 heterocycles. The van der Waals surface area contributed by atoms with Gasteiger partial charge in [0.15, 0.2) is 0 Å². The Morgan fingerprint density at radius 2 is 1.38 bits per heavy atom. The van der Waals surface area contributed by atoms with Gasteiger partial charge in [-0.15, -0.1) is 0 Å². The highest BCUT2D eigenvalue weighted by Gasteiger charge is 2.27. The van der Waals surface area contributed by atoms with Crippen LogP contribution < -0.4 is 19.1 Å². The van der Waals surface area contributed by atoms with Crippen LogP contribution in [0.15, 0.2) is 77.7 Å². The molecule has 0 atom stereocenters. The molecule has 0 radical (unpaired) electrons. The van der Waals surface area contributed by atoms with Crippen molar-refractivity contribution in [1.82, 2.24) is 5.32 Å². The number of anilines is 1. The molecule has 3 aromatic rings. The predicted octanol–water partition coefficient (Wildman–Crippen LogP) is 3.75. The lowest BCUT2D eigenvalue weighted by Gasteiger charge is -2.24. The van der Waals surface area contributed by atoms with Crippen LogP contribution in [0.5, 0.6) is 11.5 Å². The van der Waals surface area contributed by atoms with E-state index in [0.717, 1.165) is 28.6 Å². The molecule has 3 rings (SSSR count). The van der Waals surface area contributed by atoms with E-state index in [2.05, 4.69) is 5.32 Å². The minimum Gasteiger partial charge on any atom is -0.494 e. The van der Waals surface area contributed by atoms with Crippen molar-refractivity contribution in [2.24, 2.45) is 0 Å². The fourth-order valence-electron chi connectivity index (χ4n) is 3.00. The molecule has 0 saturated carbocycles. The van der Waals surface area contributed by atoms with Crippen molar-refractivity contribution < 1.29 is 31.5 Å². The maximum Gasteiger partial charge on any atom is 0.264 e.